The molecule has 6 atom stereocenters. The van der Waals surface area contributed by atoms with Gasteiger partial charge < -0.3 is 37.9 Å². The van der Waals surface area contributed by atoms with Gasteiger partial charge in [0.05, 0.1) is 63.7 Å². The van der Waals surface area contributed by atoms with E-state index in [0.717, 1.165) is 44.8 Å². The average Bonchev–Trinajstić information content (AvgIpc) is 1.59. The number of aromatic nitrogens is 1. The van der Waals surface area contributed by atoms with E-state index in [-0.39, 0.29) is 44.6 Å². The van der Waals surface area contributed by atoms with Gasteiger partial charge in [0.25, 0.3) is 0 Å². The SMILES string of the molecule is CCOC(=O)[C@@]1(Cc2ccc(OCc3cc(C)nc4ccccc34)c(F)c2)C[C@@H]1C(=O)NO.COC(=O)[C@]1(c2cccc(OCc3cccc(OC)c3)c2)C[C@H]1C(=O)NO.COC(=O)[C@]1(c2cccc(OCc3cccc(OC)c3)c2)C[C@H]1C(=O)NO. The second-order valence-electron chi connectivity index (χ2n) is 21.0. The molecule has 3 aliphatic rings. The van der Waals surface area contributed by atoms with Gasteiger partial charge in [0.1, 0.15) is 53.6 Å². The van der Waals surface area contributed by atoms with Gasteiger partial charge in [-0.3, -0.25) is 49.4 Å². The Labute approximate surface area is 500 Å². The fourth-order valence-electron chi connectivity index (χ4n) is 10.9. The predicted molar refractivity (Wildman–Crippen MR) is 309 cm³/mol. The minimum Gasteiger partial charge on any atom is -0.497 e. The zero-order valence-corrected chi connectivity index (χ0v) is 48.6. The number of fused-ring (bicyclic) bond motifs is 1. The number of benzene rings is 6. The van der Waals surface area contributed by atoms with Crippen molar-refractivity contribution in [1.29, 1.82) is 0 Å². The van der Waals surface area contributed by atoms with Gasteiger partial charge in [-0.15, -0.1) is 0 Å². The molecule has 21 nitrogen and oxygen atoms in total. The van der Waals surface area contributed by atoms with E-state index in [2.05, 4.69) is 4.98 Å². The number of carbonyl (C=O) groups is 6. The molecule has 0 unspecified atom stereocenters. The quantitative estimate of drug-likeness (QED) is 0.0161. The zero-order chi connectivity index (χ0) is 62.5. The number of amides is 3. The van der Waals surface area contributed by atoms with Crippen LogP contribution < -0.4 is 40.1 Å². The number of aryl methyl sites for hydroxylation is 1. The number of nitrogens with one attached hydrogen (secondary N) is 3. The first-order valence-corrected chi connectivity index (χ1v) is 27.6. The van der Waals surface area contributed by atoms with Crippen LogP contribution in [-0.2, 0) is 80.0 Å². The van der Waals surface area contributed by atoms with E-state index in [1.165, 1.54) is 26.4 Å². The van der Waals surface area contributed by atoms with Crippen LogP contribution in [0.3, 0.4) is 0 Å². The summed E-state index contributed by atoms with van der Waals surface area (Å²) in [5, 5.41) is 27.7. The van der Waals surface area contributed by atoms with Gasteiger partial charge in [-0.2, -0.15) is 0 Å². The lowest BCUT2D eigenvalue weighted by Gasteiger charge is -2.16. The Bertz CT molecular complexity index is 3520. The van der Waals surface area contributed by atoms with Gasteiger partial charge in [0.15, 0.2) is 11.6 Å². The first kappa shape index (κ1) is 63.4. The minimum absolute atomic E-state index is 0.0860. The number of nitrogens with zero attached hydrogens (tertiary/aromatic N) is 1. The number of hydroxylamine groups is 3. The Balaban J connectivity index is 0.000000171. The Morgan fingerprint density at radius 1 is 0.540 bits per heavy atom. The van der Waals surface area contributed by atoms with Crippen molar-refractivity contribution in [2.45, 2.75) is 70.2 Å². The van der Waals surface area contributed by atoms with Crippen molar-refractivity contribution < 1.29 is 86.7 Å². The molecule has 10 rings (SSSR count). The highest BCUT2D eigenvalue weighted by Crippen LogP contribution is 2.58. The molecule has 3 fully saturated rings. The van der Waals surface area contributed by atoms with E-state index in [4.69, 9.17) is 53.5 Å². The lowest BCUT2D eigenvalue weighted by Crippen LogP contribution is -2.31. The first-order chi connectivity index (χ1) is 42.0. The minimum atomic E-state index is -1.11. The van der Waals surface area contributed by atoms with E-state index in [0.29, 0.717) is 41.4 Å². The zero-order valence-electron chi connectivity index (χ0n) is 48.6. The maximum absolute atomic E-state index is 14.8. The molecular formula is C65H67FN4O17. The summed E-state index contributed by atoms with van der Waals surface area (Å²) >= 11 is 0. The highest BCUT2D eigenvalue weighted by molar-refractivity contribution is 5.99. The lowest BCUT2D eigenvalue weighted by molar-refractivity contribution is -0.152. The lowest BCUT2D eigenvalue weighted by atomic mass is 9.92. The number of hydrogen-bond acceptors (Lipinski definition) is 18. The third kappa shape index (κ3) is 14.2. The second kappa shape index (κ2) is 28.0. The van der Waals surface area contributed by atoms with Crippen LogP contribution in [0.1, 0.15) is 65.3 Å². The summed E-state index contributed by atoms with van der Waals surface area (Å²) in [7, 11) is 5.76. The smallest absolute Gasteiger partial charge is 0.317 e. The Kier molecular flexibility index (Phi) is 20.4. The van der Waals surface area contributed by atoms with Crippen LogP contribution in [-0.4, -0.2) is 91.3 Å². The van der Waals surface area contributed by atoms with Gasteiger partial charge in [0, 0.05) is 16.6 Å². The van der Waals surface area contributed by atoms with E-state index in [1.807, 2.05) is 85.8 Å². The molecule has 87 heavy (non-hydrogen) atoms. The Morgan fingerprint density at radius 2 is 1.05 bits per heavy atom. The number of rotatable bonds is 22. The van der Waals surface area contributed by atoms with E-state index in [9.17, 15) is 33.2 Å². The van der Waals surface area contributed by atoms with Gasteiger partial charge in [-0.05, 0) is 140 Å². The summed E-state index contributed by atoms with van der Waals surface area (Å²) < 4.78 is 57.6. The van der Waals surface area contributed by atoms with Crippen molar-refractivity contribution in [2.24, 2.45) is 23.2 Å². The first-order valence-electron chi connectivity index (χ1n) is 27.6. The van der Waals surface area contributed by atoms with E-state index in [1.54, 1.807) is 92.2 Å². The highest BCUT2D eigenvalue weighted by Gasteiger charge is 2.67. The molecule has 1 aromatic heterocycles. The number of pyridine rings is 1. The van der Waals surface area contributed by atoms with E-state index < -0.39 is 75.4 Å². The number of carbonyl (C=O) groups excluding carboxylic acids is 6. The topological polar surface area (TPSA) is 286 Å². The molecule has 6 aromatic carbocycles. The number of para-hydroxylation sites is 1. The predicted octanol–water partition coefficient (Wildman–Crippen LogP) is 8.30. The van der Waals surface area contributed by atoms with Crippen LogP contribution in [0, 0.1) is 35.9 Å². The summed E-state index contributed by atoms with van der Waals surface area (Å²) in [4.78, 5) is 77.2. The van der Waals surface area contributed by atoms with Crippen molar-refractivity contribution in [1.82, 2.24) is 21.4 Å². The molecule has 6 N–H and O–H groups in total. The molecule has 7 aromatic rings. The molecule has 0 radical (unpaired) electrons. The fraction of sp³-hybridized carbons (Fsp3) is 0.308. The van der Waals surface area contributed by atoms with Crippen molar-refractivity contribution in [3.05, 3.63) is 190 Å². The van der Waals surface area contributed by atoms with Crippen molar-refractivity contribution in [3.8, 4) is 28.7 Å². The second-order valence-corrected chi connectivity index (χ2v) is 21.0. The Hall–Kier alpha value is -9.64. The third-order valence-electron chi connectivity index (χ3n) is 15.7. The molecule has 0 spiro atoms. The maximum Gasteiger partial charge on any atom is 0.317 e. The van der Waals surface area contributed by atoms with Crippen molar-refractivity contribution in [3.63, 3.8) is 0 Å². The molecule has 0 saturated heterocycles. The Morgan fingerprint density at radius 3 is 1.54 bits per heavy atom. The summed E-state index contributed by atoms with van der Waals surface area (Å²) in [6, 6.07) is 43.2. The van der Waals surface area contributed by atoms with Crippen LogP contribution in [0.5, 0.6) is 28.7 Å². The monoisotopic (exact) mass is 1190 g/mol. The molecule has 22 heteroatoms. The summed E-state index contributed by atoms with van der Waals surface area (Å²) in [6.07, 6.45) is 0.888. The molecule has 3 aliphatic carbocycles. The number of halogens is 1. The maximum atomic E-state index is 14.8. The van der Waals surface area contributed by atoms with Crippen molar-refractivity contribution in [2.75, 3.05) is 35.0 Å². The van der Waals surface area contributed by atoms with E-state index >= 15 is 0 Å². The number of esters is 3. The van der Waals surface area contributed by atoms with Gasteiger partial charge in [-0.25, -0.2) is 20.8 Å². The number of hydrogen-bond donors (Lipinski definition) is 6. The molecular weight excluding hydrogens is 1130 g/mol. The molecule has 456 valence electrons. The van der Waals surface area contributed by atoms with Crippen LogP contribution >= 0.6 is 0 Å². The molecule has 3 saturated carbocycles. The largest absolute Gasteiger partial charge is 0.497 e. The summed E-state index contributed by atoms with van der Waals surface area (Å²) in [5.41, 5.74) is 7.74. The number of methoxy groups -OCH3 is 4. The fourth-order valence-corrected chi connectivity index (χ4v) is 10.9. The molecule has 0 bridgehead atoms. The van der Waals surface area contributed by atoms with Crippen LogP contribution in [0.4, 0.5) is 4.39 Å². The standard InChI is InChI=1S/C25H25FN2O5.2C20H21NO6/c1-3-32-24(30)25(13-19(25)23(29)28-31)12-16-8-9-22(20(26)11-16)33-14-17-10-15(2)27-21-7-5-4-6-18(17)21;2*1-25-15-7-3-5-13(9-15)12-27-16-8-4-6-14(10-16)20(19(23)26-2)11-17(20)18(22)21-24/h4-11,19,31H,3,12-14H2,1-2H3,(H,28,29);2*3-10,17,24H,11-12H2,1-2H3,(H,21,22)/t19-,25+;2*17-,20-/m100/s1. The van der Waals surface area contributed by atoms with Gasteiger partial charge >= 0.3 is 17.9 Å². The summed E-state index contributed by atoms with van der Waals surface area (Å²) in [5.74, 6) is -3.36. The van der Waals surface area contributed by atoms with Gasteiger partial charge in [-0.1, -0.05) is 72.8 Å². The molecule has 0 aliphatic heterocycles. The van der Waals surface area contributed by atoms with Crippen LogP contribution in [0.2, 0.25) is 0 Å². The highest BCUT2D eigenvalue weighted by atomic mass is 19.1. The van der Waals surface area contributed by atoms with Gasteiger partial charge in [0.2, 0.25) is 17.7 Å². The van der Waals surface area contributed by atoms with Crippen LogP contribution in [0.15, 0.2) is 146 Å². The summed E-state index contributed by atoms with van der Waals surface area (Å²) in [6.45, 7) is 4.56. The normalized spacial score (nSPS) is 20.0. The van der Waals surface area contributed by atoms with Crippen molar-refractivity contribution >= 4 is 46.5 Å². The third-order valence-corrected chi connectivity index (χ3v) is 15.7. The molecule has 3 amide bonds. The average molecular weight is 1200 g/mol. The number of ether oxygens (including phenoxy) is 8. The molecule has 1 heterocycles. The van der Waals surface area contributed by atoms with Crippen LogP contribution in [0.25, 0.3) is 10.9 Å².